The first-order chi connectivity index (χ1) is 18.0. The van der Waals surface area contributed by atoms with Gasteiger partial charge in [0.2, 0.25) is 0 Å². The van der Waals surface area contributed by atoms with E-state index in [-0.39, 0.29) is 22.9 Å². The van der Waals surface area contributed by atoms with Crippen molar-refractivity contribution in [1.82, 2.24) is 5.01 Å². The van der Waals surface area contributed by atoms with Gasteiger partial charge in [-0.25, -0.2) is 4.39 Å². The Morgan fingerprint density at radius 3 is 2.22 bits per heavy atom. The SMILES string of the molecule is O=C(c1ccc(F)cc1)[C@@H]1[C@H](c2ccco2)C2(C(=O)c3ccccc3C2=O)[C@H]2c3ccccc3C=NN12. The molecule has 37 heavy (non-hydrogen) atoms. The van der Waals surface area contributed by atoms with Crippen molar-refractivity contribution in [3.05, 3.63) is 131 Å². The lowest BCUT2D eigenvalue weighted by Gasteiger charge is -2.36. The van der Waals surface area contributed by atoms with Gasteiger partial charge in [0.05, 0.1) is 24.4 Å². The average molecular weight is 490 g/mol. The summed E-state index contributed by atoms with van der Waals surface area (Å²) in [5.74, 6) is -2.19. The third-order valence-electron chi connectivity index (χ3n) is 7.82. The molecule has 0 N–H and O–H groups in total. The summed E-state index contributed by atoms with van der Waals surface area (Å²) in [4.78, 5) is 43.1. The van der Waals surface area contributed by atoms with Gasteiger partial charge in [0, 0.05) is 16.7 Å². The van der Waals surface area contributed by atoms with Crippen LogP contribution in [0, 0.1) is 11.2 Å². The first-order valence-electron chi connectivity index (χ1n) is 12.0. The molecule has 7 heteroatoms. The summed E-state index contributed by atoms with van der Waals surface area (Å²) in [7, 11) is 0. The molecule has 0 saturated carbocycles. The van der Waals surface area contributed by atoms with Gasteiger partial charge in [0.25, 0.3) is 0 Å². The van der Waals surface area contributed by atoms with E-state index in [9.17, 15) is 18.8 Å². The third kappa shape index (κ3) is 2.74. The zero-order chi connectivity index (χ0) is 25.3. The highest BCUT2D eigenvalue weighted by atomic mass is 19.1. The third-order valence-corrected chi connectivity index (χ3v) is 7.82. The lowest BCUT2D eigenvalue weighted by atomic mass is 9.64. The van der Waals surface area contributed by atoms with E-state index in [1.165, 1.54) is 30.5 Å². The zero-order valence-electron chi connectivity index (χ0n) is 19.4. The van der Waals surface area contributed by atoms with Crippen molar-refractivity contribution in [2.24, 2.45) is 10.5 Å². The molecule has 1 spiro atoms. The number of ketones is 3. The van der Waals surface area contributed by atoms with Crippen LogP contribution in [-0.4, -0.2) is 34.6 Å². The van der Waals surface area contributed by atoms with Crippen molar-refractivity contribution >= 4 is 23.6 Å². The average Bonchev–Trinajstić information content (AvgIpc) is 3.62. The molecule has 3 atom stereocenters. The summed E-state index contributed by atoms with van der Waals surface area (Å²) in [5.41, 5.74) is 0.723. The largest absolute Gasteiger partial charge is 0.469 e. The molecule has 3 heterocycles. The number of hydrazone groups is 1. The molecule has 1 aromatic heterocycles. The van der Waals surface area contributed by atoms with Crippen molar-refractivity contribution < 1.29 is 23.2 Å². The number of benzene rings is 3. The molecule has 7 rings (SSSR count). The Hall–Kier alpha value is -4.65. The van der Waals surface area contributed by atoms with Crippen LogP contribution in [0.2, 0.25) is 0 Å². The monoisotopic (exact) mass is 490 g/mol. The second kappa shape index (κ2) is 7.67. The summed E-state index contributed by atoms with van der Waals surface area (Å²) >= 11 is 0. The van der Waals surface area contributed by atoms with Gasteiger partial charge in [0.1, 0.15) is 23.0 Å². The van der Waals surface area contributed by atoms with E-state index in [2.05, 4.69) is 5.10 Å². The summed E-state index contributed by atoms with van der Waals surface area (Å²) in [6.07, 6.45) is 3.11. The number of nitrogens with zero attached hydrogens (tertiary/aromatic N) is 2. The van der Waals surface area contributed by atoms with Gasteiger partial charge >= 0.3 is 0 Å². The number of fused-ring (bicyclic) bond motifs is 5. The molecule has 0 radical (unpaired) electrons. The van der Waals surface area contributed by atoms with Crippen molar-refractivity contribution in [3.8, 4) is 0 Å². The molecule has 0 unspecified atom stereocenters. The van der Waals surface area contributed by atoms with E-state index in [4.69, 9.17) is 4.42 Å². The van der Waals surface area contributed by atoms with E-state index in [1.54, 1.807) is 47.6 Å². The quantitative estimate of drug-likeness (QED) is 0.291. The predicted octanol–water partition coefficient (Wildman–Crippen LogP) is 5.22. The fourth-order valence-corrected chi connectivity index (χ4v) is 6.34. The van der Waals surface area contributed by atoms with Crippen LogP contribution in [0.4, 0.5) is 4.39 Å². The highest BCUT2D eigenvalue weighted by Crippen LogP contribution is 2.64. The lowest BCUT2D eigenvalue weighted by Crippen LogP contribution is -2.43. The highest BCUT2D eigenvalue weighted by molar-refractivity contribution is 6.31. The van der Waals surface area contributed by atoms with Crippen LogP contribution < -0.4 is 0 Å². The molecule has 3 aromatic carbocycles. The number of rotatable bonds is 3. The smallest absolute Gasteiger partial charge is 0.187 e. The molecule has 1 fully saturated rings. The number of Topliss-reactive ketones (excluding diaryl/α,β-unsaturated/α-hetero) is 3. The Balaban J connectivity index is 1.54. The lowest BCUT2D eigenvalue weighted by molar-refractivity contribution is 0.0579. The van der Waals surface area contributed by atoms with Gasteiger partial charge in [-0.3, -0.25) is 19.4 Å². The van der Waals surface area contributed by atoms with Gasteiger partial charge in [-0.1, -0.05) is 48.5 Å². The number of halogens is 1. The van der Waals surface area contributed by atoms with E-state index < -0.39 is 29.2 Å². The second-order valence-electron chi connectivity index (χ2n) is 9.54. The van der Waals surface area contributed by atoms with Gasteiger partial charge in [-0.05, 0) is 47.5 Å². The molecule has 1 saturated heterocycles. The fraction of sp³-hybridized carbons (Fsp3) is 0.133. The van der Waals surface area contributed by atoms with E-state index >= 15 is 0 Å². The second-order valence-corrected chi connectivity index (χ2v) is 9.54. The van der Waals surface area contributed by atoms with Crippen LogP contribution in [0.1, 0.15) is 59.9 Å². The molecule has 1 aliphatic carbocycles. The minimum absolute atomic E-state index is 0.253. The number of furan rings is 1. The van der Waals surface area contributed by atoms with Gasteiger partial charge in [0.15, 0.2) is 17.3 Å². The van der Waals surface area contributed by atoms with Gasteiger partial charge in [-0.2, -0.15) is 5.10 Å². The zero-order valence-corrected chi connectivity index (χ0v) is 19.4. The molecular formula is C30H19FN2O4. The van der Waals surface area contributed by atoms with Crippen molar-refractivity contribution in [1.29, 1.82) is 0 Å². The first kappa shape index (κ1) is 21.6. The maximum atomic E-state index is 14.4. The van der Waals surface area contributed by atoms with Crippen LogP contribution in [0.15, 0.2) is 101 Å². The Morgan fingerprint density at radius 2 is 1.54 bits per heavy atom. The Kier molecular flexibility index (Phi) is 4.48. The van der Waals surface area contributed by atoms with E-state index in [0.29, 0.717) is 16.9 Å². The summed E-state index contributed by atoms with van der Waals surface area (Å²) < 4.78 is 19.5. The topological polar surface area (TPSA) is 79.9 Å². The van der Waals surface area contributed by atoms with E-state index in [1.807, 2.05) is 24.3 Å². The molecule has 180 valence electrons. The molecule has 4 aromatic rings. The summed E-state index contributed by atoms with van der Waals surface area (Å²) in [6, 6.07) is 20.9. The Labute approximate surface area is 211 Å². The molecule has 0 bridgehead atoms. The van der Waals surface area contributed by atoms with Crippen molar-refractivity contribution in [3.63, 3.8) is 0 Å². The van der Waals surface area contributed by atoms with Crippen molar-refractivity contribution in [2.75, 3.05) is 0 Å². The first-order valence-corrected chi connectivity index (χ1v) is 12.0. The normalized spacial score (nSPS) is 22.7. The molecule has 2 aliphatic heterocycles. The minimum Gasteiger partial charge on any atom is -0.469 e. The van der Waals surface area contributed by atoms with Crippen molar-refractivity contribution in [2.45, 2.75) is 18.0 Å². The highest BCUT2D eigenvalue weighted by Gasteiger charge is 2.73. The molecular weight excluding hydrogens is 471 g/mol. The van der Waals surface area contributed by atoms with Gasteiger partial charge < -0.3 is 4.42 Å². The number of carbonyl (C=O) groups excluding carboxylic acids is 3. The van der Waals surface area contributed by atoms with E-state index in [0.717, 1.165) is 11.1 Å². The molecule has 3 aliphatic rings. The van der Waals surface area contributed by atoms with Crippen LogP contribution in [0.5, 0.6) is 0 Å². The van der Waals surface area contributed by atoms with Crippen LogP contribution in [-0.2, 0) is 0 Å². The maximum Gasteiger partial charge on any atom is 0.187 e. The van der Waals surface area contributed by atoms with Crippen LogP contribution in [0.3, 0.4) is 0 Å². The predicted molar refractivity (Wildman–Crippen MR) is 132 cm³/mol. The number of carbonyl (C=O) groups is 3. The Morgan fingerprint density at radius 1 is 0.865 bits per heavy atom. The standard InChI is InChI=1S/C30H19FN2O4/c31-19-13-11-17(12-14-19)26(34)25-24(23-10-5-15-37-23)30(28(35)21-8-3-4-9-22(21)29(30)36)27-20-7-2-1-6-18(20)16-32-33(25)27/h1-16,24-25,27H/t24-,25-,27+/m0/s1. The molecule has 0 amide bonds. The fourth-order valence-electron chi connectivity index (χ4n) is 6.34. The van der Waals surface area contributed by atoms with Crippen LogP contribution >= 0.6 is 0 Å². The Bertz CT molecular complexity index is 1590. The summed E-state index contributed by atoms with van der Waals surface area (Å²) in [5, 5.41) is 6.24. The molecule has 6 nitrogen and oxygen atoms in total. The number of hydrogen-bond acceptors (Lipinski definition) is 6. The minimum atomic E-state index is -1.68. The van der Waals surface area contributed by atoms with Gasteiger partial charge in [-0.15, -0.1) is 0 Å². The maximum absolute atomic E-state index is 14.4. The van der Waals surface area contributed by atoms with Crippen LogP contribution in [0.25, 0.3) is 0 Å². The summed E-state index contributed by atoms with van der Waals surface area (Å²) in [6.45, 7) is 0. The number of hydrogen-bond donors (Lipinski definition) is 0.